The van der Waals surface area contributed by atoms with Gasteiger partial charge in [0, 0.05) is 23.1 Å². The number of nitrogen functional groups attached to an aromatic ring is 1. The number of hydrazine groups is 1. The van der Waals surface area contributed by atoms with E-state index < -0.39 is 17.6 Å². The van der Waals surface area contributed by atoms with Crippen molar-refractivity contribution in [1.29, 1.82) is 0 Å². The number of rotatable bonds is 4. The van der Waals surface area contributed by atoms with Gasteiger partial charge in [-0.05, 0) is 49.7 Å². The van der Waals surface area contributed by atoms with Gasteiger partial charge < -0.3 is 15.3 Å². The van der Waals surface area contributed by atoms with Crippen LogP contribution in [0.4, 0.5) is 24.5 Å². The summed E-state index contributed by atoms with van der Waals surface area (Å²) in [5.41, 5.74) is 4.15. The zero-order chi connectivity index (χ0) is 20.5. The third-order valence-electron chi connectivity index (χ3n) is 4.17. The lowest BCUT2D eigenvalue weighted by atomic mass is 10.1. The minimum Gasteiger partial charge on any atom is -0.324 e. The molecule has 0 unspecified atom stereocenters. The zero-order valence-electron chi connectivity index (χ0n) is 15.1. The highest BCUT2D eigenvalue weighted by atomic mass is 19.4. The van der Waals surface area contributed by atoms with Gasteiger partial charge in [0.05, 0.1) is 23.3 Å². The molecule has 0 aliphatic heterocycles. The molecule has 0 radical (unpaired) electrons. The average Bonchev–Trinajstić information content (AvgIpc) is 3.07. The van der Waals surface area contributed by atoms with Crippen molar-refractivity contribution in [2.75, 3.05) is 10.7 Å². The lowest BCUT2D eigenvalue weighted by molar-refractivity contribution is -0.137. The van der Waals surface area contributed by atoms with Crippen LogP contribution in [0.15, 0.2) is 48.9 Å². The Hall–Kier alpha value is -3.33. The minimum atomic E-state index is -4.56. The molecule has 3 rings (SSSR count). The van der Waals surface area contributed by atoms with E-state index in [1.165, 1.54) is 23.0 Å². The fraction of sp³-hybridized carbons (Fsp3) is 0.158. The van der Waals surface area contributed by atoms with Crippen LogP contribution in [0.5, 0.6) is 0 Å². The highest BCUT2D eigenvalue weighted by Gasteiger charge is 2.31. The maximum atomic E-state index is 13.3. The fourth-order valence-electron chi connectivity index (χ4n) is 2.68. The van der Waals surface area contributed by atoms with Crippen molar-refractivity contribution in [2.45, 2.75) is 20.0 Å². The van der Waals surface area contributed by atoms with Crippen LogP contribution in [0.3, 0.4) is 0 Å². The zero-order valence-corrected chi connectivity index (χ0v) is 15.1. The van der Waals surface area contributed by atoms with Gasteiger partial charge in [-0.15, -0.1) is 0 Å². The summed E-state index contributed by atoms with van der Waals surface area (Å²) < 4.78 is 41.4. The maximum absolute atomic E-state index is 13.3. The first kappa shape index (κ1) is 19.4. The second-order valence-corrected chi connectivity index (χ2v) is 6.32. The minimum absolute atomic E-state index is 0.0176. The Bertz CT molecular complexity index is 1030. The highest BCUT2D eigenvalue weighted by Crippen LogP contribution is 2.33. The summed E-state index contributed by atoms with van der Waals surface area (Å²) in [7, 11) is 0. The van der Waals surface area contributed by atoms with Crippen molar-refractivity contribution in [3.63, 3.8) is 0 Å². The maximum Gasteiger partial charge on any atom is 0.416 e. The van der Waals surface area contributed by atoms with Gasteiger partial charge in [-0.3, -0.25) is 10.6 Å². The molecule has 0 atom stereocenters. The molecule has 0 aliphatic rings. The van der Waals surface area contributed by atoms with E-state index in [0.29, 0.717) is 11.4 Å². The van der Waals surface area contributed by atoms with Crippen molar-refractivity contribution in [2.24, 2.45) is 5.84 Å². The molecule has 0 fully saturated rings. The lowest BCUT2D eigenvalue weighted by Gasteiger charge is -2.14. The van der Waals surface area contributed by atoms with Crippen LogP contribution in [0.2, 0.25) is 0 Å². The molecule has 0 spiro atoms. The van der Waals surface area contributed by atoms with E-state index in [1.807, 2.05) is 6.92 Å². The van der Waals surface area contributed by atoms with Gasteiger partial charge in [0.2, 0.25) is 0 Å². The number of hydrogen-bond acceptors (Lipinski definition) is 4. The number of carbonyl (C=O) groups excluding carboxylic acids is 1. The summed E-state index contributed by atoms with van der Waals surface area (Å²) in [6.07, 6.45) is -1.55. The van der Waals surface area contributed by atoms with Gasteiger partial charge in [-0.25, -0.2) is 4.98 Å². The largest absolute Gasteiger partial charge is 0.416 e. The van der Waals surface area contributed by atoms with E-state index in [1.54, 1.807) is 25.3 Å². The van der Waals surface area contributed by atoms with E-state index in [9.17, 15) is 18.0 Å². The molecule has 28 heavy (non-hydrogen) atoms. The number of aromatic nitrogens is 2. The topological polar surface area (TPSA) is 85.0 Å². The van der Waals surface area contributed by atoms with Crippen LogP contribution in [0.1, 0.15) is 27.2 Å². The number of nitrogens with one attached hydrogen (secondary N) is 2. The van der Waals surface area contributed by atoms with Crippen molar-refractivity contribution >= 4 is 17.3 Å². The molecule has 4 N–H and O–H groups in total. The first-order valence-corrected chi connectivity index (χ1v) is 8.29. The number of carbonyl (C=O) groups is 1. The van der Waals surface area contributed by atoms with Crippen molar-refractivity contribution in [1.82, 2.24) is 9.55 Å². The van der Waals surface area contributed by atoms with Gasteiger partial charge >= 0.3 is 6.18 Å². The van der Waals surface area contributed by atoms with Crippen LogP contribution in [0.25, 0.3) is 5.69 Å². The molecule has 0 aliphatic carbocycles. The third kappa shape index (κ3) is 4.15. The smallest absolute Gasteiger partial charge is 0.324 e. The number of aryl methyl sites for hydroxylation is 2. The van der Waals surface area contributed by atoms with E-state index in [0.717, 1.165) is 17.7 Å². The first-order chi connectivity index (χ1) is 13.2. The molecule has 0 saturated heterocycles. The van der Waals surface area contributed by atoms with Crippen LogP contribution in [0, 0.1) is 13.8 Å². The van der Waals surface area contributed by atoms with Crippen molar-refractivity contribution in [3.8, 4) is 5.69 Å². The van der Waals surface area contributed by atoms with E-state index in [-0.39, 0.29) is 16.9 Å². The Morgan fingerprint density at radius 1 is 1.14 bits per heavy atom. The summed E-state index contributed by atoms with van der Waals surface area (Å²) in [6.45, 7) is 3.54. The molecule has 6 nitrogen and oxygen atoms in total. The molecule has 9 heteroatoms. The molecule has 0 saturated carbocycles. The second-order valence-electron chi connectivity index (χ2n) is 6.32. The van der Waals surface area contributed by atoms with Crippen molar-refractivity contribution < 1.29 is 18.0 Å². The van der Waals surface area contributed by atoms with E-state index >= 15 is 0 Å². The third-order valence-corrected chi connectivity index (χ3v) is 4.17. The molecule has 0 bridgehead atoms. The highest BCUT2D eigenvalue weighted by molar-refractivity contribution is 6.05. The van der Waals surface area contributed by atoms with Gasteiger partial charge in [0.15, 0.2) is 0 Å². The first-order valence-electron chi connectivity index (χ1n) is 8.29. The monoisotopic (exact) mass is 389 g/mol. The number of alkyl halides is 3. The molecule has 1 heterocycles. The van der Waals surface area contributed by atoms with Gasteiger partial charge in [0.1, 0.15) is 0 Å². The molecule has 2 aromatic carbocycles. The molecular weight excluding hydrogens is 371 g/mol. The van der Waals surface area contributed by atoms with Gasteiger partial charge in [0.25, 0.3) is 5.91 Å². The quantitative estimate of drug-likeness (QED) is 0.464. The Morgan fingerprint density at radius 3 is 2.50 bits per heavy atom. The standard InChI is InChI=1S/C19H18F3N5O/c1-11-3-4-13(5-17(11)26-23)18(28)25-15-6-14(19(20,21)22)7-16(8-15)27-9-12(2)24-10-27/h3-10,26H,23H2,1-2H3,(H,25,28). The number of nitrogens with zero attached hydrogens (tertiary/aromatic N) is 2. The van der Waals surface area contributed by atoms with E-state index in [4.69, 9.17) is 5.84 Å². The number of hydrogen-bond donors (Lipinski definition) is 3. The normalized spacial score (nSPS) is 11.4. The Morgan fingerprint density at radius 2 is 1.89 bits per heavy atom. The molecule has 1 aromatic heterocycles. The predicted molar refractivity (Wildman–Crippen MR) is 100 cm³/mol. The predicted octanol–water partition coefficient (Wildman–Crippen LogP) is 4.05. The van der Waals surface area contributed by atoms with Gasteiger partial charge in [-0.1, -0.05) is 6.07 Å². The summed E-state index contributed by atoms with van der Waals surface area (Å²) in [5, 5.41) is 2.52. The van der Waals surface area contributed by atoms with Gasteiger partial charge in [-0.2, -0.15) is 13.2 Å². The Balaban J connectivity index is 1.97. The summed E-state index contributed by atoms with van der Waals surface area (Å²) in [5.74, 6) is 4.86. The summed E-state index contributed by atoms with van der Waals surface area (Å²) >= 11 is 0. The van der Waals surface area contributed by atoms with Crippen LogP contribution < -0.4 is 16.6 Å². The number of benzene rings is 2. The Labute approximate surface area is 159 Å². The number of halogens is 3. The van der Waals surface area contributed by atoms with Crippen LogP contribution in [-0.2, 0) is 6.18 Å². The fourth-order valence-corrected chi connectivity index (χ4v) is 2.68. The molecule has 3 aromatic rings. The number of amides is 1. The number of imidazole rings is 1. The number of nitrogens with two attached hydrogens (primary N) is 1. The second kappa shape index (κ2) is 7.35. The van der Waals surface area contributed by atoms with Crippen molar-refractivity contribution in [3.05, 3.63) is 71.3 Å². The lowest BCUT2D eigenvalue weighted by Crippen LogP contribution is -2.15. The SMILES string of the molecule is Cc1cn(-c2cc(NC(=O)c3ccc(C)c(NN)c3)cc(C(F)(F)F)c2)cn1. The Kier molecular flexibility index (Phi) is 5.10. The molecular formula is C19H18F3N5O. The molecule has 1 amide bonds. The summed E-state index contributed by atoms with van der Waals surface area (Å²) in [6, 6.07) is 8.12. The van der Waals surface area contributed by atoms with Crippen LogP contribution >= 0.6 is 0 Å². The van der Waals surface area contributed by atoms with E-state index in [2.05, 4.69) is 15.7 Å². The molecule has 146 valence electrons. The summed E-state index contributed by atoms with van der Waals surface area (Å²) in [4.78, 5) is 16.6. The van der Waals surface area contributed by atoms with Crippen LogP contribution in [-0.4, -0.2) is 15.5 Å². The average molecular weight is 389 g/mol. The number of anilines is 2.